The summed E-state index contributed by atoms with van der Waals surface area (Å²) in [5.74, 6) is 1.71. The van der Waals surface area contributed by atoms with Crippen LogP contribution in [0.15, 0.2) is 101 Å². The molecule has 1 aliphatic carbocycles. The number of fused-ring (bicyclic) bond motifs is 1. The number of hydrogen-bond donors (Lipinski definition) is 3. The Bertz CT molecular complexity index is 1160. The minimum absolute atomic E-state index is 0.500. The molecule has 3 aliphatic rings. The van der Waals surface area contributed by atoms with Crippen LogP contribution in [0.1, 0.15) is 38.3 Å². The van der Waals surface area contributed by atoms with Crippen molar-refractivity contribution in [2.75, 3.05) is 6.54 Å². The normalized spacial score (nSPS) is 21.5. The minimum Gasteiger partial charge on any atom is -0.456 e. The lowest BCUT2D eigenvalue weighted by atomic mass is 9.90. The lowest BCUT2D eigenvalue weighted by Gasteiger charge is -2.48. The monoisotopic (exact) mass is 441 g/mol. The molecule has 33 heavy (non-hydrogen) atoms. The Hall–Kier alpha value is -3.28. The molecule has 1 unspecified atom stereocenters. The van der Waals surface area contributed by atoms with E-state index >= 15 is 0 Å². The first-order valence-electron chi connectivity index (χ1n) is 11.6. The van der Waals surface area contributed by atoms with E-state index in [9.17, 15) is 5.11 Å². The van der Waals surface area contributed by atoms with Crippen LogP contribution in [0.25, 0.3) is 5.76 Å². The lowest BCUT2D eigenvalue weighted by Crippen LogP contribution is -2.64. The van der Waals surface area contributed by atoms with Gasteiger partial charge in [-0.25, -0.2) is 5.43 Å². The Labute approximate surface area is 195 Å². The van der Waals surface area contributed by atoms with Crippen molar-refractivity contribution in [2.24, 2.45) is 0 Å². The van der Waals surface area contributed by atoms with E-state index in [1.54, 1.807) is 0 Å². The van der Waals surface area contributed by atoms with Crippen LogP contribution < -0.4 is 10.7 Å². The van der Waals surface area contributed by atoms with Gasteiger partial charge < -0.3 is 15.2 Å². The summed E-state index contributed by atoms with van der Waals surface area (Å²) in [6.07, 6.45) is 5.13. The zero-order valence-corrected chi connectivity index (χ0v) is 19.4. The van der Waals surface area contributed by atoms with E-state index in [0.717, 1.165) is 59.0 Å². The number of benzene rings is 2. The molecule has 5 heteroatoms. The molecule has 0 spiro atoms. The Morgan fingerprint density at radius 1 is 1.06 bits per heavy atom. The molecule has 0 radical (unpaired) electrons. The predicted octanol–water partition coefficient (Wildman–Crippen LogP) is 4.62. The molecule has 1 atom stereocenters. The van der Waals surface area contributed by atoms with E-state index in [-0.39, 0.29) is 0 Å². The van der Waals surface area contributed by atoms with Gasteiger partial charge in [0.05, 0.1) is 11.2 Å². The highest BCUT2D eigenvalue weighted by Crippen LogP contribution is 2.41. The van der Waals surface area contributed by atoms with Crippen LogP contribution in [0.5, 0.6) is 0 Å². The van der Waals surface area contributed by atoms with Gasteiger partial charge in [0.25, 0.3) is 0 Å². The predicted molar refractivity (Wildman–Crippen MR) is 131 cm³/mol. The maximum atomic E-state index is 11.2. The SMILES string of the molecule is CC1=C(c2ccccc2)OC2=CC3=C(CC2=C1)NC(C)(C)C(O)N3NCCc1ccccc1. The summed E-state index contributed by atoms with van der Waals surface area (Å²) in [5.41, 5.74) is 9.58. The van der Waals surface area contributed by atoms with E-state index in [4.69, 9.17) is 4.74 Å². The standard InChI is InChI=1S/C28H31N3O2/c1-19-16-22-17-23-24(18-25(22)33-26(19)21-12-8-5-9-13-21)31(27(32)28(2,3)30-23)29-15-14-20-10-6-4-7-11-20/h4-13,16,18,27,29-30,32H,14-15,17H2,1-3H3. The molecule has 2 aromatic rings. The number of rotatable bonds is 5. The number of nitrogens with zero attached hydrogens (tertiary/aromatic N) is 1. The van der Waals surface area contributed by atoms with Crippen molar-refractivity contribution < 1.29 is 9.84 Å². The Kier molecular flexibility index (Phi) is 5.60. The van der Waals surface area contributed by atoms with Gasteiger partial charge in [-0.15, -0.1) is 0 Å². The van der Waals surface area contributed by atoms with Crippen molar-refractivity contribution >= 4 is 5.76 Å². The molecule has 0 amide bonds. The van der Waals surface area contributed by atoms with Crippen molar-refractivity contribution in [3.05, 3.63) is 112 Å². The molecule has 170 valence electrons. The zero-order chi connectivity index (χ0) is 23.0. The first-order chi connectivity index (χ1) is 15.9. The fraction of sp³-hybridized carbons (Fsp3) is 0.286. The van der Waals surface area contributed by atoms with Gasteiger partial charge in [0, 0.05) is 35.9 Å². The third-order valence-corrected chi connectivity index (χ3v) is 6.42. The zero-order valence-electron chi connectivity index (χ0n) is 19.4. The van der Waals surface area contributed by atoms with Gasteiger partial charge in [-0.1, -0.05) is 60.7 Å². The molecule has 2 heterocycles. The Morgan fingerprint density at radius 3 is 2.48 bits per heavy atom. The molecule has 0 saturated carbocycles. The van der Waals surface area contributed by atoms with E-state index in [1.807, 2.05) is 49.2 Å². The highest BCUT2D eigenvalue weighted by Gasteiger charge is 2.41. The van der Waals surface area contributed by atoms with Crippen LogP contribution in [-0.4, -0.2) is 28.4 Å². The minimum atomic E-state index is -0.733. The van der Waals surface area contributed by atoms with Gasteiger partial charge in [-0.3, -0.25) is 5.01 Å². The number of nitrogens with one attached hydrogen (secondary N) is 2. The topological polar surface area (TPSA) is 56.8 Å². The third-order valence-electron chi connectivity index (χ3n) is 6.42. The molecular formula is C28H31N3O2. The third kappa shape index (κ3) is 4.22. The van der Waals surface area contributed by atoms with Gasteiger partial charge in [-0.05, 0) is 44.4 Å². The Morgan fingerprint density at radius 2 is 1.76 bits per heavy atom. The van der Waals surface area contributed by atoms with Gasteiger partial charge in [0.2, 0.25) is 0 Å². The first-order valence-corrected chi connectivity index (χ1v) is 11.6. The molecule has 2 aromatic carbocycles. The number of hydrogen-bond acceptors (Lipinski definition) is 5. The second-order valence-corrected chi connectivity index (χ2v) is 9.43. The second-order valence-electron chi connectivity index (χ2n) is 9.43. The van der Waals surface area contributed by atoms with E-state index < -0.39 is 11.8 Å². The molecule has 0 bridgehead atoms. The highest BCUT2D eigenvalue weighted by molar-refractivity contribution is 5.70. The summed E-state index contributed by atoms with van der Waals surface area (Å²) in [7, 11) is 0. The summed E-state index contributed by atoms with van der Waals surface area (Å²) in [4.78, 5) is 0. The van der Waals surface area contributed by atoms with Crippen LogP contribution >= 0.6 is 0 Å². The molecule has 5 nitrogen and oxygen atoms in total. The van der Waals surface area contributed by atoms with Crippen LogP contribution in [0.4, 0.5) is 0 Å². The molecule has 0 aromatic heterocycles. The summed E-state index contributed by atoms with van der Waals surface area (Å²) in [6.45, 7) is 6.86. The molecule has 0 saturated heterocycles. The lowest BCUT2D eigenvalue weighted by molar-refractivity contribution is -0.0690. The van der Waals surface area contributed by atoms with Crippen molar-refractivity contribution in [3.63, 3.8) is 0 Å². The molecule has 0 fully saturated rings. The van der Waals surface area contributed by atoms with Gasteiger partial charge in [0.1, 0.15) is 11.5 Å². The summed E-state index contributed by atoms with van der Waals surface area (Å²) in [5, 5.41) is 16.6. The maximum Gasteiger partial charge on any atom is 0.163 e. The molecule has 2 aliphatic heterocycles. The summed E-state index contributed by atoms with van der Waals surface area (Å²) >= 11 is 0. The first kappa shape index (κ1) is 21.6. The number of hydrazine groups is 1. The van der Waals surface area contributed by atoms with Crippen molar-refractivity contribution in [1.29, 1.82) is 0 Å². The highest BCUT2D eigenvalue weighted by atomic mass is 16.5. The quantitative estimate of drug-likeness (QED) is 0.632. The number of ether oxygens (including phenoxy) is 1. The smallest absolute Gasteiger partial charge is 0.163 e. The van der Waals surface area contributed by atoms with E-state index in [1.165, 1.54) is 5.56 Å². The number of aliphatic hydroxyl groups excluding tert-OH is 1. The largest absolute Gasteiger partial charge is 0.456 e. The van der Waals surface area contributed by atoms with Gasteiger partial charge >= 0.3 is 0 Å². The second kappa shape index (κ2) is 8.58. The molecule has 5 rings (SSSR count). The van der Waals surface area contributed by atoms with Crippen LogP contribution in [0.2, 0.25) is 0 Å². The average Bonchev–Trinajstić information content (AvgIpc) is 2.81. The van der Waals surface area contributed by atoms with Gasteiger partial charge in [0.15, 0.2) is 6.23 Å². The van der Waals surface area contributed by atoms with Crippen LogP contribution in [0.3, 0.4) is 0 Å². The van der Waals surface area contributed by atoms with Gasteiger partial charge in [-0.2, -0.15) is 0 Å². The van der Waals surface area contributed by atoms with E-state index in [2.05, 4.69) is 60.1 Å². The maximum absolute atomic E-state index is 11.2. The Balaban J connectivity index is 1.42. The average molecular weight is 442 g/mol. The molecule has 3 N–H and O–H groups in total. The van der Waals surface area contributed by atoms with E-state index in [0.29, 0.717) is 0 Å². The van der Waals surface area contributed by atoms with Crippen molar-refractivity contribution in [3.8, 4) is 0 Å². The summed E-state index contributed by atoms with van der Waals surface area (Å²) < 4.78 is 6.42. The fourth-order valence-corrected chi connectivity index (χ4v) is 4.65. The number of aliphatic hydroxyl groups is 1. The van der Waals surface area contributed by atoms with Crippen molar-refractivity contribution in [1.82, 2.24) is 15.8 Å². The van der Waals surface area contributed by atoms with Crippen molar-refractivity contribution in [2.45, 2.75) is 45.4 Å². The van der Waals surface area contributed by atoms with Crippen LogP contribution in [-0.2, 0) is 11.2 Å². The van der Waals surface area contributed by atoms with Crippen LogP contribution in [0, 0.1) is 0 Å². The molecular weight excluding hydrogens is 410 g/mol. The number of allylic oxidation sites excluding steroid dienone is 5. The summed E-state index contributed by atoms with van der Waals surface area (Å²) in [6, 6.07) is 20.6. The fourth-order valence-electron chi connectivity index (χ4n) is 4.65.